The van der Waals surface area contributed by atoms with E-state index in [1.807, 2.05) is 25.1 Å². The van der Waals surface area contributed by atoms with Gasteiger partial charge < -0.3 is 14.8 Å². The molecule has 0 aliphatic heterocycles. The molecule has 0 atom stereocenters. The summed E-state index contributed by atoms with van der Waals surface area (Å²) in [7, 11) is 3.33. The fourth-order valence-electron chi connectivity index (χ4n) is 2.94. The third kappa shape index (κ3) is 5.46. The van der Waals surface area contributed by atoms with Gasteiger partial charge in [-0.05, 0) is 55.7 Å². The molecular formula is C18H27N3O2S. The minimum Gasteiger partial charge on any atom is -0.496 e. The van der Waals surface area contributed by atoms with Crippen molar-refractivity contribution in [2.75, 3.05) is 14.2 Å². The van der Waals surface area contributed by atoms with Crippen LogP contribution in [0.2, 0.25) is 0 Å². The van der Waals surface area contributed by atoms with E-state index in [1.54, 1.807) is 14.2 Å². The van der Waals surface area contributed by atoms with Crippen LogP contribution in [0, 0.1) is 0 Å². The zero-order valence-corrected chi connectivity index (χ0v) is 15.5. The van der Waals surface area contributed by atoms with Gasteiger partial charge in [-0.25, -0.2) is 0 Å². The van der Waals surface area contributed by atoms with Gasteiger partial charge in [0.15, 0.2) is 5.11 Å². The van der Waals surface area contributed by atoms with E-state index in [0.29, 0.717) is 17.8 Å². The van der Waals surface area contributed by atoms with Crippen LogP contribution >= 0.6 is 12.2 Å². The maximum Gasteiger partial charge on any atom is 0.187 e. The Morgan fingerprint density at radius 2 is 2.00 bits per heavy atom. The summed E-state index contributed by atoms with van der Waals surface area (Å²) in [6.45, 7) is 2.45. The predicted octanol–water partition coefficient (Wildman–Crippen LogP) is 3.36. The SMILES string of the molecule is COCc1cc(/C(C)=N\NC(=S)NC2CCCCC2)ccc1OC. The first-order valence-electron chi connectivity index (χ1n) is 8.41. The first-order chi connectivity index (χ1) is 11.6. The van der Waals surface area contributed by atoms with E-state index >= 15 is 0 Å². The number of hydrogen-bond acceptors (Lipinski definition) is 4. The molecule has 0 amide bonds. The minimum absolute atomic E-state index is 0.476. The van der Waals surface area contributed by atoms with Gasteiger partial charge in [-0.1, -0.05) is 19.3 Å². The van der Waals surface area contributed by atoms with Crippen molar-refractivity contribution in [3.8, 4) is 5.75 Å². The van der Waals surface area contributed by atoms with Crippen LogP contribution in [-0.4, -0.2) is 31.1 Å². The number of nitrogens with zero attached hydrogens (tertiary/aromatic N) is 1. The molecule has 132 valence electrons. The van der Waals surface area contributed by atoms with Crippen LogP contribution in [0.1, 0.15) is 50.2 Å². The number of hydrogen-bond donors (Lipinski definition) is 2. The van der Waals surface area contributed by atoms with Gasteiger partial charge in [-0.15, -0.1) is 0 Å². The van der Waals surface area contributed by atoms with E-state index in [4.69, 9.17) is 21.7 Å². The van der Waals surface area contributed by atoms with Gasteiger partial charge in [-0.2, -0.15) is 5.10 Å². The molecule has 1 aromatic rings. The summed E-state index contributed by atoms with van der Waals surface area (Å²) < 4.78 is 10.6. The number of benzene rings is 1. The molecule has 5 nitrogen and oxygen atoms in total. The highest BCUT2D eigenvalue weighted by Crippen LogP contribution is 2.21. The van der Waals surface area contributed by atoms with Crippen LogP contribution < -0.4 is 15.5 Å². The smallest absolute Gasteiger partial charge is 0.187 e. The van der Waals surface area contributed by atoms with Gasteiger partial charge in [0.1, 0.15) is 5.75 Å². The van der Waals surface area contributed by atoms with E-state index in [9.17, 15) is 0 Å². The molecular weight excluding hydrogens is 322 g/mol. The molecule has 0 aromatic heterocycles. The van der Waals surface area contributed by atoms with Gasteiger partial charge in [0, 0.05) is 18.7 Å². The Bertz CT molecular complexity index is 584. The Kier molecular flexibility index (Phi) is 7.46. The molecule has 0 saturated heterocycles. The first kappa shape index (κ1) is 18.7. The van der Waals surface area contributed by atoms with Gasteiger partial charge in [-0.3, -0.25) is 5.43 Å². The molecule has 2 N–H and O–H groups in total. The van der Waals surface area contributed by atoms with Crippen molar-refractivity contribution in [3.05, 3.63) is 29.3 Å². The molecule has 1 aromatic carbocycles. The average molecular weight is 350 g/mol. The summed E-state index contributed by atoms with van der Waals surface area (Å²) in [5.74, 6) is 0.816. The first-order valence-corrected chi connectivity index (χ1v) is 8.82. The van der Waals surface area contributed by atoms with Gasteiger partial charge in [0.05, 0.1) is 19.4 Å². The highest BCUT2D eigenvalue weighted by atomic mass is 32.1. The maximum atomic E-state index is 5.35. The highest BCUT2D eigenvalue weighted by Gasteiger charge is 2.13. The van der Waals surface area contributed by atoms with E-state index in [0.717, 1.165) is 22.6 Å². The zero-order chi connectivity index (χ0) is 17.4. The predicted molar refractivity (Wildman–Crippen MR) is 102 cm³/mol. The van der Waals surface area contributed by atoms with E-state index in [2.05, 4.69) is 15.8 Å². The lowest BCUT2D eigenvalue weighted by molar-refractivity contribution is 0.181. The summed E-state index contributed by atoms with van der Waals surface area (Å²) in [4.78, 5) is 0. The Morgan fingerprint density at radius 3 is 2.67 bits per heavy atom. The number of rotatable bonds is 6. The van der Waals surface area contributed by atoms with Gasteiger partial charge in [0.25, 0.3) is 0 Å². The number of hydrazone groups is 1. The quantitative estimate of drug-likeness (QED) is 0.468. The molecule has 1 fully saturated rings. The lowest BCUT2D eigenvalue weighted by Crippen LogP contribution is -2.41. The second kappa shape index (κ2) is 9.59. The molecule has 0 spiro atoms. The minimum atomic E-state index is 0.476. The Morgan fingerprint density at radius 1 is 1.25 bits per heavy atom. The number of nitrogens with one attached hydrogen (secondary N) is 2. The van der Waals surface area contributed by atoms with Crippen LogP contribution in [0.4, 0.5) is 0 Å². The highest BCUT2D eigenvalue weighted by molar-refractivity contribution is 7.80. The van der Waals surface area contributed by atoms with Crippen molar-refractivity contribution in [2.45, 2.75) is 51.7 Å². The van der Waals surface area contributed by atoms with E-state index in [1.165, 1.54) is 32.1 Å². The van der Waals surface area contributed by atoms with Crippen LogP contribution in [0.15, 0.2) is 23.3 Å². The number of thiocarbonyl (C=S) groups is 1. The van der Waals surface area contributed by atoms with Crippen LogP contribution in [0.3, 0.4) is 0 Å². The molecule has 24 heavy (non-hydrogen) atoms. The molecule has 0 bridgehead atoms. The van der Waals surface area contributed by atoms with Crippen molar-refractivity contribution in [3.63, 3.8) is 0 Å². The van der Waals surface area contributed by atoms with Crippen LogP contribution in [0.5, 0.6) is 5.75 Å². The van der Waals surface area contributed by atoms with Crippen molar-refractivity contribution in [1.29, 1.82) is 0 Å². The summed E-state index contributed by atoms with van der Waals surface area (Å²) in [5.41, 5.74) is 5.82. The lowest BCUT2D eigenvalue weighted by atomic mass is 9.96. The Hall–Kier alpha value is -1.66. The van der Waals surface area contributed by atoms with Crippen molar-refractivity contribution in [2.24, 2.45) is 5.10 Å². The molecule has 0 radical (unpaired) electrons. The van der Waals surface area contributed by atoms with Crippen molar-refractivity contribution >= 4 is 23.0 Å². The van der Waals surface area contributed by atoms with Crippen molar-refractivity contribution < 1.29 is 9.47 Å². The maximum absolute atomic E-state index is 5.35. The van der Waals surface area contributed by atoms with Crippen molar-refractivity contribution in [1.82, 2.24) is 10.7 Å². The van der Waals surface area contributed by atoms with E-state index < -0.39 is 0 Å². The molecule has 2 rings (SSSR count). The van der Waals surface area contributed by atoms with Crippen LogP contribution in [-0.2, 0) is 11.3 Å². The fraction of sp³-hybridized carbons (Fsp3) is 0.556. The third-order valence-electron chi connectivity index (χ3n) is 4.26. The van der Waals surface area contributed by atoms with E-state index in [-0.39, 0.29) is 0 Å². The molecule has 0 heterocycles. The summed E-state index contributed by atoms with van der Waals surface area (Å²) in [6, 6.07) is 6.42. The Labute approximate surface area is 149 Å². The van der Waals surface area contributed by atoms with Gasteiger partial charge in [0.2, 0.25) is 0 Å². The number of methoxy groups -OCH3 is 2. The summed E-state index contributed by atoms with van der Waals surface area (Å²) in [5, 5.41) is 8.34. The third-order valence-corrected chi connectivity index (χ3v) is 4.47. The zero-order valence-electron chi connectivity index (χ0n) is 14.7. The van der Waals surface area contributed by atoms with Crippen LogP contribution in [0.25, 0.3) is 0 Å². The summed E-state index contributed by atoms with van der Waals surface area (Å²) in [6.07, 6.45) is 6.25. The fourth-order valence-corrected chi connectivity index (χ4v) is 3.15. The monoisotopic (exact) mass is 349 g/mol. The molecule has 1 aliphatic carbocycles. The lowest BCUT2D eigenvalue weighted by Gasteiger charge is -2.23. The summed E-state index contributed by atoms with van der Waals surface area (Å²) >= 11 is 5.34. The Balaban J connectivity index is 1.96. The second-order valence-corrected chi connectivity index (χ2v) is 6.49. The number of ether oxygens (including phenoxy) is 2. The topological polar surface area (TPSA) is 54.9 Å². The molecule has 1 aliphatic rings. The standard InChI is InChI=1S/C18H27N3O2S/c1-13(14-9-10-17(23-3)15(11-14)12-22-2)20-21-18(24)19-16-7-5-4-6-8-16/h9-11,16H,4-8,12H2,1-3H3,(H2,19,21,24)/b20-13-. The largest absolute Gasteiger partial charge is 0.496 e. The molecule has 0 unspecified atom stereocenters. The normalized spacial score (nSPS) is 15.9. The molecule has 1 saturated carbocycles. The average Bonchev–Trinajstić information content (AvgIpc) is 2.61. The second-order valence-electron chi connectivity index (χ2n) is 6.08. The molecule has 6 heteroatoms. The van der Waals surface area contributed by atoms with Gasteiger partial charge >= 0.3 is 0 Å².